The van der Waals surface area contributed by atoms with Crippen molar-refractivity contribution in [3.05, 3.63) is 60.7 Å². The number of halogens is 2. The Kier molecular flexibility index (Phi) is 37.2. The van der Waals surface area contributed by atoms with Gasteiger partial charge in [0.1, 0.15) is 0 Å². The van der Waals surface area contributed by atoms with Crippen molar-refractivity contribution in [2.24, 2.45) is 43.3 Å². The zero-order chi connectivity index (χ0) is 76.6. The van der Waals surface area contributed by atoms with Gasteiger partial charge in [0, 0.05) is 113 Å². The van der Waals surface area contributed by atoms with Gasteiger partial charge < -0.3 is 24.2 Å². The number of piperidine rings is 2. The van der Waals surface area contributed by atoms with Crippen LogP contribution in [0.25, 0.3) is 0 Å². The number of alkyl halides is 2. The van der Waals surface area contributed by atoms with E-state index in [9.17, 15) is 48.4 Å². The molecule has 0 bridgehead atoms. The number of likely N-dealkylation sites (tertiary alicyclic amines) is 3. The molecule has 0 saturated carbocycles. The fourth-order valence-electron chi connectivity index (χ4n) is 12.3. The van der Waals surface area contributed by atoms with Crippen molar-refractivity contribution >= 4 is 82.9 Å². The Morgan fingerprint density at radius 2 is 0.990 bits per heavy atom. The van der Waals surface area contributed by atoms with Gasteiger partial charge in [-0.25, -0.2) is 34.0 Å². The molecule has 12 rings (SSSR count). The number of methoxy groups -OCH3 is 1. The number of carbonyl (C=O) groups excluding carboxylic acids is 3. The first-order valence-corrected chi connectivity index (χ1v) is 44.8. The van der Waals surface area contributed by atoms with Crippen LogP contribution >= 0.6 is 35.3 Å². The predicted octanol–water partition coefficient (Wildman–Crippen LogP) is 16.1. The first kappa shape index (κ1) is 92.7. The molecule has 101 heavy (non-hydrogen) atoms. The van der Waals surface area contributed by atoms with Crippen LogP contribution in [0.15, 0.2) is 70.5 Å². The number of sulfonamides is 2. The summed E-state index contributed by atoms with van der Waals surface area (Å²) >= 11 is 6.28. The Morgan fingerprint density at radius 1 is 0.525 bits per heavy atom. The van der Waals surface area contributed by atoms with Gasteiger partial charge in [-0.05, 0) is 166 Å². The molecule has 10 aliphatic heterocycles. The molecule has 10 saturated heterocycles. The molecule has 0 radical (unpaired) electrons. The second-order valence-electron chi connectivity index (χ2n) is 35.2. The van der Waals surface area contributed by atoms with Gasteiger partial charge in [0.05, 0.1) is 34.0 Å². The van der Waals surface area contributed by atoms with E-state index in [1.54, 1.807) is 71.8 Å². The minimum atomic E-state index is -3.28. The summed E-state index contributed by atoms with van der Waals surface area (Å²) in [5.74, 6) is 6.81. The smallest absolute Gasteiger partial charge is 0.251 e. The van der Waals surface area contributed by atoms with E-state index < -0.39 is 35.8 Å². The van der Waals surface area contributed by atoms with Gasteiger partial charge in [-0.15, -0.1) is 0 Å². The van der Waals surface area contributed by atoms with Crippen LogP contribution in [0.1, 0.15) is 208 Å². The minimum absolute atomic E-state index is 0.0405. The number of benzene rings is 2. The van der Waals surface area contributed by atoms with E-state index in [1.807, 2.05) is 37.9 Å². The number of hydrogen-bond donors (Lipinski definition) is 0. The summed E-state index contributed by atoms with van der Waals surface area (Å²) in [5.41, 5.74) is 3.08. The van der Waals surface area contributed by atoms with Gasteiger partial charge in [-0.1, -0.05) is 147 Å². The topological polar surface area (TPSA) is 188 Å². The van der Waals surface area contributed by atoms with Crippen molar-refractivity contribution in [2.75, 3.05) is 132 Å². The summed E-state index contributed by atoms with van der Waals surface area (Å²) in [5, 5.41) is 0. The molecular formula is C77H135F2N5O11S6. The van der Waals surface area contributed by atoms with Gasteiger partial charge in [0.25, 0.3) is 5.92 Å². The summed E-state index contributed by atoms with van der Waals surface area (Å²) < 4.78 is 109. The van der Waals surface area contributed by atoms with Crippen molar-refractivity contribution in [1.29, 1.82) is 0 Å². The highest BCUT2D eigenvalue weighted by Crippen LogP contribution is 2.38. The van der Waals surface area contributed by atoms with E-state index in [1.165, 1.54) is 89.2 Å². The molecule has 1 unspecified atom stereocenters. The van der Waals surface area contributed by atoms with E-state index in [2.05, 4.69) is 132 Å². The highest BCUT2D eigenvalue weighted by Gasteiger charge is 2.42. The maximum absolute atomic E-state index is 12.5. The molecule has 16 nitrogen and oxygen atoms in total. The molecule has 584 valence electrons. The second kappa shape index (κ2) is 40.6. The van der Waals surface area contributed by atoms with Gasteiger partial charge in [0.2, 0.25) is 37.8 Å². The zero-order valence-corrected chi connectivity index (χ0v) is 70.8. The molecule has 3 amide bonds. The Hall–Kier alpha value is -2.55. The van der Waals surface area contributed by atoms with Crippen LogP contribution in [0, 0.1) is 43.3 Å². The Balaban J connectivity index is 0.000000296. The molecular weight excluding hydrogens is 1400 g/mol. The molecule has 10 fully saturated rings. The molecule has 0 spiro atoms. The summed E-state index contributed by atoms with van der Waals surface area (Å²) in [4.78, 5) is 38.2. The minimum Gasteiger partial charge on any atom is -0.381 e. The van der Waals surface area contributed by atoms with Gasteiger partial charge >= 0.3 is 0 Å². The average Bonchev–Trinajstić information content (AvgIpc) is 1.60. The molecule has 24 heteroatoms. The van der Waals surface area contributed by atoms with Gasteiger partial charge in [-0.3, -0.25) is 14.4 Å². The van der Waals surface area contributed by atoms with Gasteiger partial charge in [0.15, 0.2) is 9.84 Å². The van der Waals surface area contributed by atoms with E-state index in [0.717, 1.165) is 58.5 Å². The molecule has 0 N–H and O–H groups in total. The second-order valence-corrected chi connectivity index (χ2v) is 44.7. The monoisotopic (exact) mass is 1540 g/mol. The van der Waals surface area contributed by atoms with E-state index in [-0.39, 0.29) is 71.4 Å². The number of thioether (sulfide) groups is 3. The summed E-state index contributed by atoms with van der Waals surface area (Å²) in [7, 11) is -5.63. The van der Waals surface area contributed by atoms with E-state index >= 15 is 0 Å². The van der Waals surface area contributed by atoms with Crippen molar-refractivity contribution in [2.45, 2.75) is 230 Å². The number of rotatable bonds is 5. The van der Waals surface area contributed by atoms with Crippen LogP contribution in [0.4, 0.5) is 8.78 Å². The van der Waals surface area contributed by atoms with Crippen molar-refractivity contribution in [1.82, 2.24) is 23.3 Å². The van der Waals surface area contributed by atoms with Crippen LogP contribution < -0.4 is 0 Å². The van der Waals surface area contributed by atoms with Crippen LogP contribution in [0.3, 0.4) is 0 Å². The number of sulfone groups is 1. The Bertz CT molecular complexity index is 3070. The van der Waals surface area contributed by atoms with Crippen LogP contribution in [0.2, 0.25) is 0 Å². The Labute approximate surface area is 626 Å². The maximum Gasteiger partial charge on any atom is 0.251 e. The number of hydrogen-bond acceptors (Lipinski definition) is 14. The quantitative estimate of drug-likeness (QED) is 0.275. The van der Waals surface area contributed by atoms with Crippen molar-refractivity contribution in [3.63, 3.8) is 0 Å². The molecule has 2 aromatic carbocycles. The number of carbonyl (C=O) groups is 3. The first-order valence-electron chi connectivity index (χ1n) is 36.6. The Morgan fingerprint density at radius 3 is 1.26 bits per heavy atom. The SMILES string of the molecule is CC(=O)N1CCC(F)(F)CC1.CC1(C)CCCSC1.CC1(C)CCN(S(=O)(=O)c2ccccc2)CC1.CC1(C)CCOC1.CC1(C)CCS(=O)(=O)C1.CC1(C)CCSC1.CC1(C)CCSCC1.CC1(C)CN(S(=O)(=O)c2ccccc2)C1.CN1CC(C)(C)CC1=O.COC1CCN(C(C)=O)C1. The highest BCUT2D eigenvalue weighted by molar-refractivity contribution is 7.99. The third-order valence-corrected chi connectivity index (χ3v) is 29.4. The van der Waals surface area contributed by atoms with Crippen molar-refractivity contribution < 1.29 is 57.9 Å². The lowest BCUT2D eigenvalue weighted by Gasteiger charge is -2.44. The van der Waals surface area contributed by atoms with Crippen LogP contribution in [-0.4, -0.2) is 211 Å². The van der Waals surface area contributed by atoms with E-state index in [0.29, 0.717) is 75.6 Å². The molecule has 0 aliphatic carbocycles. The molecule has 0 aromatic heterocycles. The summed E-state index contributed by atoms with van der Waals surface area (Å²) in [6.45, 7) is 45.7. The van der Waals surface area contributed by atoms with E-state index in [4.69, 9.17) is 9.47 Å². The fourth-order valence-corrected chi connectivity index (χ4v) is 22.3. The standard InChI is InChI=1S/C13H19NO2S.C11H15NO2S.C7H11F2NO.C7H13NO2.C7H13NO.2C7H14S.C6H12O2S.C6H12O.C6H12S/c1-13(2)8-10-14(11-9-13)17(15,16)12-6-4-3-5-7-12;1-11(2)8-12(9-11)15(13,14)10-6-4-3-5-7-10;1-6(11)10-4-2-7(8,9)3-5-10;1-6(9)8-4-3-7(5-8)10-2;1-7(2)4-6(9)8(3)5-7;1-7(2)3-5-8-6-4-7;1-7(2)4-3-5-8-6-7;1-6(2)3-4-9(7,8)5-6;2*1-6(2)3-4-7-5-6/h3-7H,8-11H2,1-2H3;3-7H,8-9H2,1-2H3;2-5H2,1H3;7H,3-5H2,1-2H3;4-5H2,1-3H3;2*3-6H2,1-2H3;3-5H2,1-2H3;2*3-5H2,1-2H3. The maximum atomic E-state index is 12.5. The third kappa shape index (κ3) is 36.7. The highest BCUT2D eigenvalue weighted by atomic mass is 32.2. The fraction of sp³-hybridized carbons (Fsp3) is 0.805. The number of amides is 3. The average molecular weight is 1540 g/mol. The van der Waals surface area contributed by atoms with Gasteiger partial charge in [-0.2, -0.15) is 43.9 Å². The normalized spacial score (nSPS) is 25.0. The molecule has 1 atom stereocenters. The largest absolute Gasteiger partial charge is 0.381 e. The summed E-state index contributed by atoms with van der Waals surface area (Å²) in [6.07, 6.45) is 12.6. The lowest BCUT2D eigenvalue weighted by Crippen LogP contribution is -2.55. The molecule has 2 aromatic rings. The van der Waals surface area contributed by atoms with Crippen molar-refractivity contribution in [3.8, 4) is 0 Å². The zero-order valence-electron chi connectivity index (χ0n) is 65.9. The lowest BCUT2D eigenvalue weighted by molar-refractivity contribution is -0.135. The third-order valence-electron chi connectivity index (χ3n) is 19.6. The number of ether oxygens (including phenoxy) is 2. The predicted molar refractivity (Wildman–Crippen MR) is 420 cm³/mol. The molecule has 10 heterocycles. The first-order chi connectivity index (χ1) is 46.3. The number of nitrogens with zero attached hydrogens (tertiary/aromatic N) is 5. The molecule has 10 aliphatic rings. The lowest BCUT2D eigenvalue weighted by atomic mass is 9.83. The summed E-state index contributed by atoms with van der Waals surface area (Å²) in [6, 6.07) is 17.3. The van der Waals surface area contributed by atoms with Crippen LogP contribution in [-0.2, 0) is 53.7 Å². The van der Waals surface area contributed by atoms with Crippen LogP contribution in [0.5, 0.6) is 0 Å².